The van der Waals surface area contributed by atoms with Crippen LogP contribution < -0.4 is 0 Å². The van der Waals surface area contributed by atoms with Crippen LogP contribution >= 0.6 is 0 Å². The van der Waals surface area contributed by atoms with Gasteiger partial charge in [0.2, 0.25) is 0 Å². The van der Waals surface area contributed by atoms with E-state index in [1.165, 1.54) is 19.3 Å². The van der Waals surface area contributed by atoms with Gasteiger partial charge >= 0.3 is 77.3 Å². The Morgan fingerprint density at radius 1 is 0.480 bits per heavy atom. The molecule has 2 heterocycles. The Labute approximate surface area is 558 Å². The third-order valence-electron chi connectivity index (χ3n) is 23.2. The maximum atomic E-state index is 12.9. The number of carbonyl (C=O) groups is 8. The molecule has 18 aliphatic rings. The molecular weight excluding hydrogens is 1360 g/mol. The second-order valence-electron chi connectivity index (χ2n) is 32.0. The van der Waals surface area contributed by atoms with Crippen LogP contribution in [0.3, 0.4) is 0 Å². The van der Waals surface area contributed by atoms with Crippen LogP contribution in [-0.4, -0.2) is 158 Å². The first-order chi connectivity index (χ1) is 44.9. The number of rotatable bonds is 13. The van der Waals surface area contributed by atoms with Gasteiger partial charge < -0.3 is 38.3 Å². The fourth-order valence-electron chi connectivity index (χ4n) is 20.6. The van der Waals surface area contributed by atoms with Gasteiger partial charge in [-0.25, -0.2) is 28.8 Å². The van der Waals surface area contributed by atoms with E-state index >= 15 is 0 Å². The van der Waals surface area contributed by atoms with Crippen LogP contribution in [0, 0.1) is 87.8 Å². The SMILES string of the molecule is CC(F)(F)C(=O)OC12CC3CC(C1)C(=O)C(C3)C2.CC(F)(F)C(=O)OC1C2CC3C(=O)OC1C3C2.CC(F)(F)C(=O)OC1C2CC3C1OS(=O)(=O)C3C2.CC(F)(F)C(=O)OCC12CC3CC(CC(C3)C1)C2.CC(F)(F)C(=O)OCC12CC3CC(CC(O)(C3)C1)C2.COC(=O)C(C)(F)F. The van der Waals surface area contributed by atoms with Crippen molar-refractivity contribution in [3.05, 3.63) is 0 Å². The van der Waals surface area contributed by atoms with E-state index in [1.807, 2.05) is 0 Å². The summed E-state index contributed by atoms with van der Waals surface area (Å²) in [5.74, 6) is -26.7. The van der Waals surface area contributed by atoms with Gasteiger partial charge in [-0.15, -0.1) is 0 Å². The lowest BCUT2D eigenvalue weighted by atomic mass is 9.48. The molecule has 14 atom stereocenters. The molecule has 18 fully saturated rings. The molecule has 0 aromatic heterocycles. The highest BCUT2D eigenvalue weighted by molar-refractivity contribution is 7.87. The fourth-order valence-corrected chi connectivity index (χ4v) is 22.4. The molecular formula is C66H86F12O19S. The minimum absolute atomic E-state index is 0.00671. The summed E-state index contributed by atoms with van der Waals surface area (Å²) in [4.78, 5) is 89.2. The lowest BCUT2D eigenvalue weighted by Gasteiger charge is -2.59. The van der Waals surface area contributed by atoms with Crippen molar-refractivity contribution < 1.29 is 142 Å². The summed E-state index contributed by atoms with van der Waals surface area (Å²) in [6, 6.07) is 0. The van der Waals surface area contributed by atoms with Crippen LogP contribution in [0.2, 0.25) is 0 Å². The number of fused-ring (bicyclic) bond motifs is 2. The average Bonchev–Trinajstić information content (AvgIpc) is 1.42. The molecule has 18 rings (SSSR count). The Bertz CT molecular complexity index is 3140. The van der Waals surface area contributed by atoms with E-state index in [0.29, 0.717) is 104 Å². The molecule has 2 aliphatic heterocycles. The van der Waals surface area contributed by atoms with Crippen LogP contribution in [-0.2, 0) is 85.8 Å². The number of Topliss-reactive ketones (excluding diaryl/α,β-unsaturated/α-hetero) is 1. The van der Waals surface area contributed by atoms with Gasteiger partial charge in [0.25, 0.3) is 10.1 Å². The largest absolute Gasteiger partial charge is 0.465 e. The lowest BCUT2D eigenvalue weighted by molar-refractivity contribution is -0.207. The number of hydrogen-bond donors (Lipinski definition) is 1. The number of esters is 7. The van der Waals surface area contributed by atoms with Crippen molar-refractivity contribution in [2.24, 2.45) is 87.8 Å². The summed E-state index contributed by atoms with van der Waals surface area (Å²) in [7, 11) is -2.70. The van der Waals surface area contributed by atoms with Crippen molar-refractivity contribution in [1.82, 2.24) is 0 Å². The van der Waals surface area contributed by atoms with Crippen molar-refractivity contribution in [2.75, 3.05) is 20.3 Å². The number of carbonyl (C=O) groups excluding carboxylic acids is 8. The number of halogens is 12. The van der Waals surface area contributed by atoms with Crippen molar-refractivity contribution >= 4 is 57.7 Å². The van der Waals surface area contributed by atoms with Crippen LogP contribution in [0.4, 0.5) is 52.7 Å². The van der Waals surface area contributed by atoms with E-state index in [0.717, 1.165) is 95.5 Å². The molecule has 0 amide bonds. The smallest absolute Gasteiger partial charge is 0.377 e. The number of ketones is 1. The molecule has 14 unspecified atom stereocenters. The third-order valence-corrected chi connectivity index (χ3v) is 25.0. The van der Waals surface area contributed by atoms with Gasteiger partial charge in [-0.3, -0.25) is 13.8 Å². The van der Waals surface area contributed by atoms with Crippen molar-refractivity contribution in [3.8, 4) is 0 Å². The average molecular weight is 1440 g/mol. The second kappa shape index (κ2) is 26.4. The number of hydrogen-bond acceptors (Lipinski definition) is 19. The zero-order valence-corrected chi connectivity index (χ0v) is 56.2. The first kappa shape index (κ1) is 75.6. The van der Waals surface area contributed by atoms with E-state index in [2.05, 4.69) is 4.74 Å². The molecule has 554 valence electrons. The van der Waals surface area contributed by atoms with Crippen LogP contribution in [0.5, 0.6) is 0 Å². The van der Waals surface area contributed by atoms with Gasteiger partial charge in [0.1, 0.15) is 35.8 Å². The fraction of sp³-hybridized carbons (Fsp3) is 0.879. The molecule has 16 aliphatic carbocycles. The Morgan fingerprint density at radius 3 is 1.33 bits per heavy atom. The monoisotopic (exact) mass is 1440 g/mol. The zero-order chi connectivity index (χ0) is 72.4. The van der Waals surface area contributed by atoms with E-state index < -0.39 is 122 Å². The maximum Gasteiger partial charge on any atom is 0.377 e. The molecule has 0 aromatic carbocycles. The lowest BCUT2D eigenvalue weighted by Crippen LogP contribution is -2.57. The summed E-state index contributed by atoms with van der Waals surface area (Å²) in [5, 5.41) is 9.95. The predicted molar refractivity (Wildman–Crippen MR) is 311 cm³/mol. The van der Waals surface area contributed by atoms with Crippen LogP contribution in [0.15, 0.2) is 0 Å². The maximum absolute atomic E-state index is 12.9. The normalized spacial score (nSPS) is 40.5. The first-order valence-corrected chi connectivity index (χ1v) is 35.1. The Hall–Kier alpha value is -5.01. The van der Waals surface area contributed by atoms with Gasteiger partial charge in [0.15, 0.2) is 0 Å². The highest BCUT2D eigenvalue weighted by Gasteiger charge is 2.67. The van der Waals surface area contributed by atoms with E-state index in [4.69, 9.17) is 32.6 Å². The molecule has 19 nitrogen and oxygen atoms in total. The molecule has 16 bridgehead atoms. The molecule has 1 N–H and O–H groups in total. The highest BCUT2D eigenvalue weighted by atomic mass is 32.2. The minimum Gasteiger partial charge on any atom is -0.465 e. The third kappa shape index (κ3) is 16.2. The van der Waals surface area contributed by atoms with Crippen molar-refractivity contribution in [3.63, 3.8) is 0 Å². The van der Waals surface area contributed by atoms with E-state index in [1.54, 1.807) is 0 Å². The minimum atomic E-state index is -3.61. The Kier molecular flexibility index (Phi) is 20.3. The molecule has 98 heavy (non-hydrogen) atoms. The first-order valence-electron chi connectivity index (χ1n) is 33.7. The van der Waals surface area contributed by atoms with Gasteiger partial charge in [0, 0.05) is 87.9 Å². The topological polar surface area (TPSA) is 265 Å². The standard InChI is InChI=1S/C14H20F2O3.C14H20F2O2.C13H16F2O3.C11H12F2O4.C10H12F2O5S.C4H6F2O2/c1-12(15,16)11(17)19-8-13-3-9-2-10(4-13)6-14(18,5-9)7-13;1-13(15,16)12(17)18-8-14-5-9-2-10(6-14)4-11(3-9)7-14;1-12(14,15)11(17)18-13-4-7-2-8(5-13)10(16)9(3-7)6-13;1-11(12,13)10(15)17-7-4-2-5-6(3-4)9(14)16-8(5)7;1-10(11,12)9(13)16-7-4-2-5-6(3-4)18(14,15)17-8(5)7;1-4(5,6)3(7)8-2/h9-10,18H,2-8H2,1H3;9-11H,2-8H2,1H3;7-9H,2-6H2,1H3;4-8H,2-3H2,1H3;4-8H,2-3H2,1H3;1-2H3. The molecule has 0 radical (unpaired) electrons. The molecule has 16 saturated carbocycles. The van der Waals surface area contributed by atoms with Gasteiger partial charge in [-0.05, 0) is 170 Å². The summed E-state index contributed by atoms with van der Waals surface area (Å²) in [6.07, 6.45) is 14.9. The van der Waals surface area contributed by atoms with E-state index in [9.17, 15) is 105 Å². The number of alkyl halides is 12. The van der Waals surface area contributed by atoms with Gasteiger partial charge in [-0.1, -0.05) is 0 Å². The van der Waals surface area contributed by atoms with Gasteiger partial charge in [-0.2, -0.15) is 61.1 Å². The highest BCUT2D eigenvalue weighted by Crippen LogP contribution is 2.64. The summed E-state index contributed by atoms with van der Waals surface area (Å²) < 4.78 is 213. The zero-order valence-electron chi connectivity index (χ0n) is 55.4. The number of ether oxygens (including phenoxy) is 7. The summed E-state index contributed by atoms with van der Waals surface area (Å²) >= 11 is 0. The van der Waals surface area contributed by atoms with Gasteiger partial charge in [0.05, 0.1) is 37.1 Å². The Morgan fingerprint density at radius 2 is 0.888 bits per heavy atom. The summed E-state index contributed by atoms with van der Waals surface area (Å²) in [6.45, 7) is 3.41. The van der Waals surface area contributed by atoms with Crippen molar-refractivity contribution in [1.29, 1.82) is 0 Å². The quantitative estimate of drug-likeness (QED) is 0.0777. The molecule has 2 saturated heterocycles. The summed E-state index contributed by atoms with van der Waals surface area (Å²) in [5.41, 5.74) is -1.68. The molecule has 0 aromatic rings. The van der Waals surface area contributed by atoms with E-state index in [-0.39, 0.29) is 77.2 Å². The number of aliphatic hydroxyl groups is 1. The molecule has 0 spiro atoms. The number of methoxy groups -OCH3 is 1. The van der Waals surface area contributed by atoms with Crippen LogP contribution in [0.25, 0.3) is 0 Å². The molecule has 32 heteroatoms. The second-order valence-corrected chi connectivity index (χ2v) is 33.8. The predicted octanol–water partition coefficient (Wildman–Crippen LogP) is 10.9. The Balaban J connectivity index is 0.000000129. The van der Waals surface area contributed by atoms with Crippen LogP contribution in [0.1, 0.15) is 176 Å². The van der Waals surface area contributed by atoms with Crippen molar-refractivity contribution in [2.45, 2.75) is 253 Å².